The van der Waals surface area contributed by atoms with Crippen LogP contribution in [0.15, 0.2) is 30.4 Å². The molecule has 18 heavy (non-hydrogen) atoms. The second kappa shape index (κ2) is 7.88. The first-order valence-corrected chi connectivity index (χ1v) is 6.40. The first-order valence-electron chi connectivity index (χ1n) is 6.40. The molecule has 0 saturated heterocycles. The molecular formula is C15H22FNO. The van der Waals surface area contributed by atoms with Crippen LogP contribution in [0.3, 0.4) is 0 Å². The summed E-state index contributed by atoms with van der Waals surface area (Å²) in [6, 6.07) is 5.03. The Morgan fingerprint density at radius 1 is 1.44 bits per heavy atom. The zero-order valence-corrected chi connectivity index (χ0v) is 11.3. The number of ether oxygens (including phenoxy) is 1. The molecule has 0 radical (unpaired) electrons. The Balaban J connectivity index is 2.64. The molecule has 0 aliphatic rings. The molecule has 0 aliphatic heterocycles. The number of hydrogen-bond acceptors (Lipinski definition) is 2. The smallest absolute Gasteiger partial charge is 0.165 e. The molecule has 0 aromatic heterocycles. The van der Waals surface area contributed by atoms with Crippen LogP contribution in [0.4, 0.5) is 4.39 Å². The summed E-state index contributed by atoms with van der Waals surface area (Å²) in [4.78, 5) is 0. The molecule has 0 spiro atoms. The van der Waals surface area contributed by atoms with Gasteiger partial charge in [-0.05, 0) is 26.0 Å². The molecule has 1 aromatic rings. The number of rotatable bonds is 8. The minimum atomic E-state index is -0.299. The van der Waals surface area contributed by atoms with Crippen molar-refractivity contribution in [3.63, 3.8) is 0 Å². The fourth-order valence-corrected chi connectivity index (χ4v) is 1.58. The highest BCUT2D eigenvalue weighted by Gasteiger charge is 2.09. The Bertz CT molecular complexity index is 390. The van der Waals surface area contributed by atoms with Crippen LogP contribution in [0.5, 0.6) is 5.75 Å². The summed E-state index contributed by atoms with van der Waals surface area (Å²) in [5.41, 5.74) is 1.90. The Kier molecular flexibility index (Phi) is 6.44. The van der Waals surface area contributed by atoms with Gasteiger partial charge in [-0.1, -0.05) is 24.6 Å². The van der Waals surface area contributed by atoms with Crippen LogP contribution in [0, 0.1) is 5.82 Å². The molecule has 100 valence electrons. The molecule has 0 amide bonds. The van der Waals surface area contributed by atoms with Gasteiger partial charge in [0.1, 0.15) is 0 Å². The van der Waals surface area contributed by atoms with Gasteiger partial charge in [-0.3, -0.25) is 0 Å². The number of para-hydroxylation sites is 1. The van der Waals surface area contributed by atoms with Gasteiger partial charge in [0.2, 0.25) is 0 Å². The Hall–Kier alpha value is -1.35. The average molecular weight is 251 g/mol. The van der Waals surface area contributed by atoms with Crippen LogP contribution in [-0.2, 0) is 6.54 Å². The second-order valence-electron chi connectivity index (χ2n) is 4.46. The maximum Gasteiger partial charge on any atom is 0.165 e. The highest BCUT2D eigenvalue weighted by Crippen LogP contribution is 2.23. The summed E-state index contributed by atoms with van der Waals surface area (Å²) in [6.07, 6.45) is 1.80. The number of nitrogens with one attached hydrogen (secondary N) is 1. The fraction of sp³-hybridized carbons (Fsp3) is 0.467. The van der Waals surface area contributed by atoms with E-state index in [1.54, 1.807) is 6.07 Å². The Morgan fingerprint density at radius 2 is 2.22 bits per heavy atom. The maximum absolute atomic E-state index is 13.7. The molecule has 0 bridgehead atoms. The fourth-order valence-electron chi connectivity index (χ4n) is 1.58. The van der Waals surface area contributed by atoms with Crippen molar-refractivity contribution in [3.8, 4) is 5.75 Å². The van der Waals surface area contributed by atoms with E-state index in [0.717, 1.165) is 30.5 Å². The third-order valence-corrected chi connectivity index (χ3v) is 2.57. The first-order chi connectivity index (χ1) is 8.65. The largest absolute Gasteiger partial charge is 0.490 e. The molecule has 1 aromatic carbocycles. The molecule has 2 nitrogen and oxygen atoms in total. The van der Waals surface area contributed by atoms with Crippen LogP contribution in [0.25, 0.3) is 0 Å². The Labute approximate surface area is 109 Å². The third-order valence-electron chi connectivity index (χ3n) is 2.57. The van der Waals surface area contributed by atoms with E-state index in [-0.39, 0.29) is 5.82 Å². The predicted molar refractivity (Wildman–Crippen MR) is 73.3 cm³/mol. The first kappa shape index (κ1) is 14.7. The molecule has 0 atom stereocenters. The van der Waals surface area contributed by atoms with Crippen molar-refractivity contribution in [1.82, 2.24) is 5.32 Å². The number of benzene rings is 1. The van der Waals surface area contributed by atoms with Crippen LogP contribution < -0.4 is 10.1 Å². The van der Waals surface area contributed by atoms with E-state index in [2.05, 4.69) is 18.8 Å². The van der Waals surface area contributed by atoms with Crippen molar-refractivity contribution in [2.75, 3.05) is 13.2 Å². The van der Waals surface area contributed by atoms with E-state index in [9.17, 15) is 4.39 Å². The zero-order chi connectivity index (χ0) is 13.4. The lowest BCUT2D eigenvalue weighted by molar-refractivity contribution is 0.301. The van der Waals surface area contributed by atoms with Crippen molar-refractivity contribution >= 4 is 0 Å². The van der Waals surface area contributed by atoms with Crippen molar-refractivity contribution in [2.45, 2.75) is 33.2 Å². The molecule has 3 heteroatoms. The van der Waals surface area contributed by atoms with Crippen LogP contribution in [0.1, 0.15) is 32.3 Å². The molecule has 0 fully saturated rings. The van der Waals surface area contributed by atoms with Gasteiger partial charge in [0.25, 0.3) is 0 Å². The van der Waals surface area contributed by atoms with E-state index in [0.29, 0.717) is 18.9 Å². The topological polar surface area (TPSA) is 21.3 Å². The van der Waals surface area contributed by atoms with Gasteiger partial charge in [0.15, 0.2) is 11.6 Å². The Morgan fingerprint density at radius 3 is 2.89 bits per heavy atom. The van der Waals surface area contributed by atoms with Crippen molar-refractivity contribution in [3.05, 3.63) is 41.7 Å². The third kappa shape index (κ3) is 4.88. The molecule has 0 aliphatic carbocycles. The van der Waals surface area contributed by atoms with Crippen LogP contribution in [-0.4, -0.2) is 13.2 Å². The summed E-state index contributed by atoms with van der Waals surface area (Å²) < 4.78 is 19.2. The molecular weight excluding hydrogens is 229 g/mol. The van der Waals surface area contributed by atoms with E-state index in [1.165, 1.54) is 6.07 Å². The van der Waals surface area contributed by atoms with Gasteiger partial charge in [-0.2, -0.15) is 0 Å². The maximum atomic E-state index is 13.7. The van der Waals surface area contributed by atoms with E-state index >= 15 is 0 Å². The standard InChI is InChI=1S/C15H22FNO/c1-4-9-17-11-13-6-5-7-14(16)15(13)18-10-8-12(2)3/h5-7,17H,2,4,8-11H2,1,3H3. The normalized spacial score (nSPS) is 10.4. The highest BCUT2D eigenvalue weighted by atomic mass is 19.1. The van der Waals surface area contributed by atoms with Gasteiger partial charge in [-0.25, -0.2) is 4.39 Å². The summed E-state index contributed by atoms with van der Waals surface area (Å²) in [6.45, 7) is 9.87. The van der Waals surface area contributed by atoms with Crippen LogP contribution >= 0.6 is 0 Å². The van der Waals surface area contributed by atoms with Gasteiger partial charge in [0.05, 0.1) is 6.61 Å². The number of hydrogen-bond donors (Lipinski definition) is 1. The second-order valence-corrected chi connectivity index (χ2v) is 4.46. The molecule has 0 saturated carbocycles. The predicted octanol–water partition coefficient (Wildman–Crippen LogP) is 3.67. The summed E-state index contributed by atoms with van der Waals surface area (Å²) in [5, 5.41) is 3.25. The summed E-state index contributed by atoms with van der Waals surface area (Å²) >= 11 is 0. The number of halogens is 1. The average Bonchev–Trinajstić information content (AvgIpc) is 2.32. The van der Waals surface area contributed by atoms with Crippen molar-refractivity contribution in [1.29, 1.82) is 0 Å². The van der Waals surface area contributed by atoms with Gasteiger partial charge >= 0.3 is 0 Å². The zero-order valence-electron chi connectivity index (χ0n) is 11.3. The molecule has 1 N–H and O–H groups in total. The summed E-state index contributed by atoms with van der Waals surface area (Å²) in [5.74, 6) is 0.0647. The molecule has 0 unspecified atom stereocenters. The van der Waals surface area contributed by atoms with E-state index in [1.807, 2.05) is 13.0 Å². The lowest BCUT2D eigenvalue weighted by Crippen LogP contribution is -2.15. The highest BCUT2D eigenvalue weighted by molar-refractivity contribution is 5.34. The quantitative estimate of drug-likeness (QED) is 0.562. The van der Waals surface area contributed by atoms with Crippen LogP contribution in [0.2, 0.25) is 0 Å². The van der Waals surface area contributed by atoms with Crippen molar-refractivity contribution < 1.29 is 9.13 Å². The SMILES string of the molecule is C=C(C)CCOc1c(F)cccc1CNCCC. The summed E-state index contributed by atoms with van der Waals surface area (Å²) in [7, 11) is 0. The molecule has 1 rings (SSSR count). The van der Waals surface area contributed by atoms with E-state index in [4.69, 9.17) is 4.74 Å². The van der Waals surface area contributed by atoms with Gasteiger partial charge in [-0.15, -0.1) is 6.58 Å². The minimum Gasteiger partial charge on any atom is -0.490 e. The minimum absolute atomic E-state index is 0.299. The van der Waals surface area contributed by atoms with Crippen molar-refractivity contribution in [2.24, 2.45) is 0 Å². The molecule has 0 heterocycles. The lowest BCUT2D eigenvalue weighted by Gasteiger charge is -2.13. The van der Waals surface area contributed by atoms with Gasteiger partial charge in [0, 0.05) is 18.5 Å². The lowest BCUT2D eigenvalue weighted by atomic mass is 10.2. The monoisotopic (exact) mass is 251 g/mol. The van der Waals surface area contributed by atoms with Gasteiger partial charge < -0.3 is 10.1 Å². The van der Waals surface area contributed by atoms with E-state index < -0.39 is 0 Å².